The van der Waals surface area contributed by atoms with Crippen LogP contribution in [0.15, 0.2) is 40.9 Å². The van der Waals surface area contributed by atoms with Gasteiger partial charge in [0.25, 0.3) is 17.7 Å². The SMILES string of the molecule is CCCC(OCCNC(=O)OCCOCCOCCOCCOCCOCCOCCOCCOCCOCCOCCNC(=O)CN1C(=O)C=CC1=O)C(=O)C1=Cc2ccc(C(=O)N(C)C)cc2N=C(N)C1. The maximum atomic E-state index is 13.5. The van der Waals surface area contributed by atoms with Crippen molar-refractivity contribution in [2.24, 2.45) is 10.7 Å². The topological polar surface area (TPSA) is 282 Å². The van der Waals surface area contributed by atoms with Crippen molar-refractivity contribution in [3.8, 4) is 0 Å². The van der Waals surface area contributed by atoms with Crippen molar-refractivity contribution < 1.29 is 85.6 Å². The number of carbonyl (C=O) groups is 6. The number of rotatable bonds is 44. The molecular weight excluding hydrogens is 961 g/mol. The molecule has 0 radical (unpaired) electrons. The van der Waals surface area contributed by atoms with Gasteiger partial charge in [-0.2, -0.15) is 0 Å². The van der Waals surface area contributed by atoms with Crippen molar-refractivity contribution in [1.29, 1.82) is 0 Å². The van der Waals surface area contributed by atoms with Crippen LogP contribution in [0.4, 0.5) is 10.5 Å². The van der Waals surface area contributed by atoms with Gasteiger partial charge in [-0.1, -0.05) is 19.4 Å². The second-order valence-corrected chi connectivity index (χ2v) is 16.1. The van der Waals surface area contributed by atoms with Gasteiger partial charge in [0.15, 0.2) is 5.78 Å². The fraction of sp³-hybridized carbons (Fsp3) is 0.653. The van der Waals surface area contributed by atoms with E-state index in [9.17, 15) is 28.8 Å². The van der Waals surface area contributed by atoms with Crippen molar-refractivity contribution in [3.63, 3.8) is 0 Å². The lowest BCUT2D eigenvalue weighted by Crippen LogP contribution is -2.41. The predicted molar refractivity (Wildman–Crippen MR) is 264 cm³/mol. The molecule has 0 spiro atoms. The second kappa shape index (κ2) is 39.2. The molecule has 3 rings (SSSR count). The molecule has 1 aromatic carbocycles. The Morgan fingerprint density at radius 1 is 0.644 bits per heavy atom. The van der Waals surface area contributed by atoms with E-state index in [4.69, 9.17) is 62.6 Å². The van der Waals surface area contributed by atoms with Crippen molar-refractivity contribution in [2.75, 3.05) is 179 Å². The van der Waals surface area contributed by atoms with E-state index in [0.717, 1.165) is 17.1 Å². The molecule has 0 aliphatic carbocycles. The molecule has 0 saturated carbocycles. The highest BCUT2D eigenvalue weighted by Gasteiger charge is 2.26. The number of hydrogen-bond donors (Lipinski definition) is 3. The van der Waals surface area contributed by atoms with Crippen LogP contribution in [0.1, 0.15) is 42.1 Å². The van der Waals surface area contributed by atoms with E-state index in [1.54, 1.807) is 38.4 Å². The van der Waals surface area contributed by atoms with Crippen molar-refractivity contribution in [2.45, 2.75) is 32.3 Å². The zero-order valence-electron chi connectivity index (χ0n) is 42.6. The van der Waals surface area contributed by atoms with Gasteiger partial charge in [0.1, 0.15) is 25.1 Å². The molecule has 2 aliphatic heterocycles. The molecule has 0 aromatic heterocycles. The van der Waals surface area contributed by atoms with Crippen LogP contribution in [0.3, 0.4) is 0 Å². The maximum absolute atomic E-state index is 13.5. The summed E-state index contributed by atoms with van der Waals surface area (Å²) >= 11 is 0. The number of amides is 5. The van der Waals surface area contributed by atoms with Crippen molar-refractivity contribution >= 4 is 53.1 Å². The fourth-order valence-electron chi connectivity index (χ4n) is 6.43. The number of imide groups is 1. The third kappa shape index (κ3) is 28.1. The average Bonchev–Trinajstić information content (AvgIpc) is 3.57. The van der Waals surface area contributed by atoms with E-state index in [1.807, 2.05) is 6.92 Å². The Bertz CT molecular complexity index is 1880. The number of amidine groups is 1. The third-order valence-electron chi connectivity index (χ3n) is 10.1. The number of carbonyl (C=O) groups excluding carboxylic acids is 6. The van der Waals surface area contributed by atoms with Gasteiger partial charge >= 0.3 is 6.09 Å². The molecule has 2 heterocycles. The molecule has 2 aliphatic rings. The first kappa shape index (κ1) is 62.0. The Kier molecular flexibility index (Phi) is 33.4. The Hall–Kier alpha value is -5.25. The summed E-state index contributed by atoms with van der Waals surface area (Å²) in [5, 5.41) is 5.20. The zero-order valence-corrected chi connectivity index (χ0v) is 42.6. The van der Waals surface area contributed by atoms with Gasteiger partial charge in [-0.3, -0.25) is 28.9 Å². The summed E-state index contributed by atoms with van der Waals surface area (Å²) in [4.78, 5) is 79.6. The van der Waals surface area contributed by atoms with E-state index in [2.05, 4.69) is 15.6 Å². The Labute approximate surface area is 427 Å². The van der Waals surface area contributed by atoms with Crippen LogP contribution in [0.2, 0.25) is 0 Å². The number of nitrogens with zero attached hydrogens (tertiary/aromatic N) is 3. The van der Waals surface area contributed by atoms with Crippen molar-refractivity contribution in [3.05, 3.63) is 47.1 Å². The largest absolute Gasteiger partial charge is 0.447 e. The number of aliphatic imine (C=N–C) groups is 1. The lowest BCUT2D eigenvalue weighted by Gasteiger charge is -2.18. The first-order chi connectivity index (χ1) is 35.5. The Morgan fingerprint density at radius 2 is 1.10 bits per heavy atom. The van der Waals surface area contributed by atoms with Crippen LogP contribution < -0.4 is 16.4 Å². The Morgan fingerprint density at radius 3 is 1.56 bits per heavy atom. The number of ether oxygens (including phenoxy) is 12. The zero-order chi connectivity index (χ0) is 52.7. The lowest BCUT2D eigenvalue weighted by atomic mass is 9.97. The van der Waals surface area contributed by atoms with Crippen LogP contribution >= 0.6 is 0 Å². The molecule has 0 bridgehead atoms. The summed E-state index contributed by atoms with van der Waals surface area (Å²) in [6.45, 7) is 10.00. The van der Waals surface area contributed by atoms with E-state index in [0.29, 0.717) is 154 Å². The first-order valence-corrected chi connectivity index (χ1v) is 24.5. The average molecular weight is 1040 g/mol. The molecule has 0 saturated heterocycles. The number of Topliss-reactive ketones (excluding diaryl/α,β-unsaturated/α-hetero) is 1. The standard InChI is InChI=1S/C49H76N6O18/c1-4-5-42(47(59)40-34-38-6-7-39(48(60)54(2)3)35-41(38)53-43(50)36-40)72-13-11-52-49(61)73-33-32-71-31-30-70-29-28-69-27-26-68-25-24-67-23-22-66-21-20-65-19-18-64-17-16-63-15-14-62-12-10-51-44(56)37-55-45(57)8-9-46(55)58/h6-9,34-35,42H,4-5,10-33,36-37H2,1-3H3,(H2,50,53)(H,51,56)(H,52,61). The smallest absolute Gasteiger partial charge is 0.407 e. The number of hydrogen-bond acceptors (Lipinski definition) is 20. The summed E-state index contributed by atoms with van der Waals surface area (Å²) in [5.41, 5.74) is 8.28. The highest BCUT2D eigenvalue weighted by Crippen LogP contribution is 2.29. The van der Waals surface area contributed by atoms with Crippen LogP contribution in [0.25, 0.3) is 6.08 Å². The molecule has 24 heteroatoms. The van der Waals surface area contributed by atoms with E-state index in [1.165, 1.54) is 4.90 Å². The quantitative estimate of drug-likeness (QED) is 0.0603. The number of alkyl carbamates (subject to hydrolysis) is 1. The van der Waals surface area contributed by atoms with Gasteiger partial charge in [0.05, 0.1) is 144 Å². The minimum absolute atomic E-state index is 0.0509. The summed E-state index contributed by atoms with van der Waals surface area (Å²) in [7, 11) is 3.34. The number of fused-ring (bicyclic) bond motifs is 1. The summed E-state index contributed by atoms with van der Waals surface area (Å²) in [6, 6.07) is 5.11. The molecular formula is C49H76N6O18. The fourth-order valence-corrected chi connectivity index (χ4v) is 6.43. The molecule has 4 N–H and O–H groups in total. The lowest BCUT2D eigenvalue weighted by molar-refractivity contribution is -0.141. The predicted octanol–water partition coefficient (Wildman–Crippen LogP) is 0.852. The maximum Gasteiger partial charge on any atom is 0.407 e. The highest BCUT2D eigenvalue weighted by molar-refractivity contribution is 6.14. The summed E-state index contributed by atoms with van der Waals surface area (Å²) < 4.78 is 65.7. The van der Waals surface area contributed by atoms with Gasteiger partial charge < -0.3 is 78.1 Å². The van der Waals surface area contributed by atoms with Gasteiger partial charge in [-0.05, 0) is 24.6 Å². The summed E-state index contributed by atoms with van der Waals surface area (Å²) in [5.74, 6) is -1.56. The Balaban J connectivity index is 0.997. The third-order valence-corrected chi connectivity index (χ3v) is 10.1. The second-order valence-electron chi connectivity index (χ2n) is 16.1. The van der Waals surface area contributed by atoms with Gasteiger partial charge in [-0.25, -0.2) is 9.79 Å². The molecule has 5 amide bonds. The first-order valence-electron chi connectivity index (χ1n) is 24.5. The van der Waals surface area contributed by atoms with Crippen LogP contribution in [-0.4, -0.2) is 236 Å². The van der Waals surface area contributed by atoms with E-state index in [-0.39, 0.29) is 70.0 Å². The number of nitrogens with one attached hydrogen (secondary N) is 2. The van der Waals surface area contributed by atoms with E-state index < -0.39 is 29.9 Å². The highest BCUT2D eigenvalue weighted by atomic mass is 16.6. The van der Waals surface area contributed by atoms with Crippen LogP contribution in [0.5, 0.6) is 0 Å². The van der Waals surface area contributed by atoms with Gasteiger partial charge in [0.2, 0.25) is 5.91 Å². The monoisotopic (exact) mass is 1040 g/mol. The normalized spacial score (nSPS) is 13.6. The molecule has 1 aromatic rings. The minimum Gasteiger partial charge on any atom is -0.447 e. The van der Waals surface area contributed by atoms with Gasteiger partial charge in [-0.15, -0.1) is 0 Å². The molecule has 1 atom stereocenters. The number of benzene rings is 1. The number of nitrogens with two attached hydrogens (primary N) is 1. The van der Waals surface area contributed by atoms with Crippen LogP contribution in [0, 0.1) is 0 Å². The van der Waals surface area contributed by atoms with Crippen molar-refractivity contribution in [1.82, 2.24) is 20.4 Å². The number of ketones is 1. The molecule has 0 fully saturated rings. The molecule has 1 unspecified atom stereocenters. The summed E-state index contributed by atoms with van der Waals surface area (Å²) in [6.07, 6.45) is 3.97. The molecule has 73 heavy (non-hydrogen) atoms. The minimum atomic E-state index is -0.732. The van der Waals surface area contributed by atoms with Gasteiger partial charge in [0, 0.05) is 62.5 Å². The van der Waals surface area contributed by atoms with Crippen LogP contribution in [-0.2, 0) is 76.0 Å². The molecule has 410 valence electrons. The van der Waals surface area contributed by atoms with E-state index >= 15 is 0 Å². The molecule has 24 nitrogen and oxygen atoms in total.